The number of halogens is 1. The molecule has 0 saturated heterocycles. The highest BCUT2D eigenvalue weighted by molar-refractivity contribution is 5.93. The number of amides is 1. The van der Waals surface area contributed by atoms with Crippen LogP contribution in [0.1, 0.15) is 29.9 Å². The Labute approximate surface area is 129 Å². The van der Waals surface area contributed by atoms with Crippen molar-refractivity contribution >= 4 is 11.6 Å². The zero-order valence-electron chi connectivity index (χ0n) is 12.8. The largest absolute Gasteiger partial charge is 0.381 e. The maximum Gasteiger partial charge on any atom is 0.269 e. The van der Waals surface area contributed by atoms with Crippen molar-refractivity contribution in [1.29, 1.82) is 0 Å². The Balaban J connectivity index is 1.99. The lowest BCUT2D eigenvalue weighted by atomic mass is 10.2. The molecule has 0 saturated carbocycles. The van der Waals surface area contributed by atoms with Gasteiger partial charge in [-0.25, -0.2) is 4.39 Å². The topological polar surface area (TPSA) is 54.0 Å². The van der Waals surface area contributed by atoms with Crippen LogP contribution < -0.4 is 10.6 Å². The van der Waals surface area contributed by atoms with E-state index in [-0.39, 0.29) is 11.7 Å². The van der Waals surface area contributed by atoms with Gasteiger partial charge < -0.3 is 10.6 Å². The number of nitrogens with one attached hydrogen (secondary N) is 2. The van der Waals surface area contributed by atoms with Gasteiger partial charge in [0.25, 0.3) is 5.91 Å². The quantitative estimate of drug-likeness (QED) is 0.861. The Bertz CT molecular complexity index is 643. The minimum Gasteiger partial charge on any atom is -0.381 e. The monoisotopic (exact) mass is 301 g/mol. The minimum atomic E-state index is -0.251. The van der Waals surface area contributed by atoms with Gasteiger partial charge in [0, 0.05) is 30.5 Å². The number of hydrogen-bond donors (Lipinski definition) is 2. The summed E-state index contributed by atoms with van der Waals surface area (Å²) in [5.41, 5.74) is 1.65. The van der Waals surface area contributed by atoms with E-state index in [0.717, 1.165) is 5.69 Å². The summed E-state index contributed by atoms with van der Waals surface area (Å²) in [6, 6.07) is 10.0. The van der Waals surface area contributed by atoms with Crippen molar-refractivity contribution in [2.75, 3.05) is 11.9 Å². The van der Waals surface area contributed by atoms with Crippen LogP contribution in [0.15, 0.2) is 42.6 Å². The van der Waals surface area contributed by atoms with Crippen molar-refractivity contribution in [3.8, 4) is 0 Å². The lowest BCUT2D eigenvalue weighted by Gasteiger charge is -2.10. The van der Waals surface area contributed by atoms with Gasteiger partial charge in [0.05, 0.1) is 0 Å². The van der Waals surface area contributed by atoms with Gasteiger partial charge >= 0.3 is 0 Å². The van der Waals surface area contributed by atoms with Crippen LogP contribution in [0, 0.1) is 11.7 Å². The van der Waals surface area contributed by atoms with E-state index in [1.165, 1.54) is 6.07 Å². The van der Waals surface area contributed by atoms with Gasteiger partial charge in [-0.15, -0.1) is 0 Å². The first-order chi connectivity index (χ1) is 10.6. The van der Waals surface area contributed by atoms with Gasteiger partial charge in [0.15, 0.2) is 0 Å². The van der Waals surface area contributed by atoms with Crippen LogP contribution >= 0.6 is 0 Å². The molecule has 0 aliphatic heterocycles. The first-order valence-electron chi connectivity index (χ1n) is 7.28. The second-order valence-corrected chi connectivity index (χ2v) is 5.48. The predicted molar refractivity (Wildman–Crippen MR) is 85.1 cm³/mol. The fourth-order valence-corrected chi connectivity index (χ4v) is 1.89. The number of pyridine rings is 1. The van der Waals surface area contributed by atoms with E-state index in [4.69, 9.17) is 0 Å². The van der Waals surface area contributed by atoms with E-state index in [9.17, 15) is 9.18 Å². The van der Waals surface area contributed by atoms with Crippen LogP contribution in [-0.2, 0) is 6.54 Å². The normalized spacial score (nSPS) is 10.5. The van der Waals surface area contributed by atoms with Crippen molar-refractivity contribution in [2.45, 2.75) is 20.4 Å². The van der Waals surface area contributed by atoms with Crippen molar-refractivity contribution in [3.63, 3.8) is 0 Å². The molecule has 0 aliphatic rings. The third-order valence-electron chi connectivity index (χ3n) is 3.10. The molecule has 0 aliphatic carbocycles. The SMILES string of the molecule is CC(C)CNC(=O)c1cc(NCc2ccccc2F)ccn1. The van der Waals surface area contributed by atoms with Crippen LogP contribution in [0.2, 0.25) is 0 Å². The van der Waals surface area contributed by atoms with Crippen LogP contribution in [-0.4, -0.2) is 17.4 Å². The molecular formula is C17H20FN3O. The molecule has 1 aromatic heterocycles. The Morgan fingerprint density at radius 1 is 1.27 bits per heavy atom. The average molecular weight is 301 g/mol. The van der Waals surface area contributed by atoms with E-state index in [2.05, 4.69) is 15.6 Å². The van der Waals surface area contributed by atoms with Gasteiger partial charge in [0.1, 0.15) is 11.5 Å². The second kappa shape index (κ2) is 7.54. The molecule has 2 aromatic rings. The standard InChI is InChI=1S/C17H20FN3O/c1-12(2)10-21-17(22)16-9-14(7-8-19-16)20-11-13-5-3-4-6-15(13)18/h3-9,12H,10-11H2,1-2H3,(H,19,20)(H,21,22). The highest BCUT2D eigenvalue weighted by Gasteiger charge is 2.08. The lowest BCUT2D eigenvalue weighted by Crippen LogP contribution is -2.28. The fraction of sp³-hybridized carbons (Fsp3) is 0.294. The van der Waals surface area contributed by atoms with Crippen molar-refractivity contribution < 1.29 is 9.18 Å². The summed E-state index contributed by atoms with van der Waals surface area (Å²) in [5, 5.41) is 5.92. The van der Waals surface area contributed by atoms with Crippen LogP contribution in [0.25, 0.3) is 0 Å². The lowest BCUT2D eigenvalue weighted by molar-refractivity contribution is 0.0944. The number of carbonyl (C=O) groups is 1. The number of carbonyl (C=O) groups excluding carboxylic acids is 1. The van der Waals surface area contributed by atoms with Gasteiger partial charge in [-0.05, 0) is 24.1 Å². The average Bonchev–Trinajstić information content (AvgIpc) is 2.52. The van der Waals surface area contributed by atoms with E-state index < -0.39 is 0 Å². The predicted octanol–water partition coefficient (Wildman–Crippen LogP) is 3.22. The summed E-state index contributed by atoms with van der Waals surface area (Å²) in [6.45, 7) is 5.01. The highest BCUT2D eigenvalue weighted by atomic mass is 19.1. The molecule has 0 unspecified atom stereocenters. The number of benzene rings is 1. The molecule has 1 heterocycles. The van der Waals surface area contributed by atoms with Gasteiger partial charge in [-0.1, -0.05) is 32.0 Å². The van der Waals surface area contributed by atoms with E-state index in [1.807, 2.05) is 13.8 Å². The number of anilines is 1. The molecule has 116 valence electrons. The summed E-state index contributed by atoms with van der Waals surface area (Å²) >= 11 is 0. The number of nitrogens with zero attached hydrogens (tertiary/aromatic N) is 1. The molecule has 0 radical (unpaired) electrons. The Hall–Kier alpha value is -2.43. The van der Waals surface area contributed by atoms with E-state index in [1.54, 1.807) is 36.5 Å². The van der Waals surface area contributed by atoms with Crippen LogP contribution in [0.3, 0.4) is 0 Å². The molecule has 1 amide bonds. The Morgan fingerprint density at radius 3 is 2.77 bits per heavy atom. The molecule has 4 nitrogen and oxygen atoms in total. The van der Waals surface area contributed by atoms with Gasteiger partial charge in [-0.2, -0.15) is 0 Å². The Kier molecular flexibility index (Phi) is 5.47. The molecule has 0 bridgehead atoms. The zero-order valence-corrected chi connectivity index (χ0v) is 12.8. The van der Waals surface area contributed by atoms with E-state index >= 15 is 0 Å². The van der Waals surface area contributed by atoms with Gasteiger partial charge in [0.2, 0.25) is 0 Å². The highest BCUT2D eigenvalue weighted by Crippen LogP contribution is 2.12. The third kappa shape index (κ3) is 4.55. The smallest absolute Gasteiger partial charge is 0.269 e. The van der Waals surface area contributed by atoms with Crippen LogP contribution in [0.5, 0.6) is 0 Å². The van der Waals surface area contributed by atoms with E-state index in [0.29, 0.717) is 30.3 Å². The minimum absolute atomic E-state index is 0.205. The summed E-state index contributed by atoms with van der Waals surface area (Å²) in [7, 11) is 0. The van der Waals surface area contributed by atoms with Crippen molar-refractivity contribution in [1.82, 2.24) is 10.3 Å². The van der Waals surface area contributed by atoms with Crippen molar-refractivity contribution in [3.05, 3.63) is 59.7 Å². The molecule has 1 aromatic carbocycles. The fourth-order valence-electron chi connectivity index (χ4n) is 1.89. The molecule has 22 heavy (non-hydrogen) atoms. The third-order valence-corrected chi connectivity index (χ3v) is 3.10. The molecule has 2 rings (SSSR count). The summed E-state index contributed by atoms with van der Waals surface area (Å²) in [4.78, 5) is 16.0. The zero-order chi connectivity index (χ0) is 15.9. The number of aromatic nitrogens is 1. The molecular weight excluding hydrogens is 281 g/mol. The maximum absolute atomic E-state index is 13.6. The second-order valence-electron chi connectivity index (χ2n) is 5.48. The molecule has 5 heteroatoms. The molecule has 0 atom stereocenters. The number of hydrogen-bond acceptors (Lipinski definition) is 3. The van der Waals surface area contributed by atoms with Crippen LogP contribution in [0.4, 0.5) is 10.1 Å². The summed E-state index contributed by atoms with van der Waals surface area (Å²) in [6.07, 6.45) is 1.56. The first kappa shape index (κ1) is 15.9. The van der Waals surface area contributed by atoms with Crippen molar-refractivity contribution in [2.24, 2.45) is 5.92 Å². The summed E-state index contributed by atoms with van der Waals surface area (Å²) in [5.74, 6) is -0.0755. The summed E-state index contributed by atoms with van der Waals surface area (Å²) < 4.78 is 13.6. The number of rotatable bonds is 6. The first-order valence-corrected chi connectivity index (χ1v) is 7.28. The maximum atomic E-state index is 13.6. The van der Waals surface area contributed by atoms with Gasteiger partial charge in [-0.3, -0.25) is 9.78 Å². The molecule has 2 N–H and O–H groups in total. The molecule has 0 fully saturated rings. The Morgan fingerprint density at radius 2 is 2.05 bits per heavy atom. The molecule has 0 spiro atoms.